The highest BCUT2D eigenvalue weighted by atomic mass is 32.2. The van der Waals surface area contributed by atoms with Gasteiger partial charge >= 0.3 is 0 Å². The summed E-state index contributed by atoms with van der Waals surface area (Å²) in [5, 5.41) is 0.683. The third kappa shape index (κ3) is 3.15. The topological polar surface area (TPSA) is 35.2 Å². The number of nitrogens with two attached hydrogens (primary N) is 1. The van der Waals surface area contributed by atoms with Crippen LogP contribution in [0.1, 0.15) is 50.5 Å². The molecule has 1 aliphatic carbocycles. The highest BCUT2D eigenvalue weighted by Gasteiger charge is 2.38. The minimum Gasteiger partial charge on any atom is -0.399 e. The van der Waals surface area contributed by atoms with E-state index in [1.54, 1.807) is 0 Å². The SMILES string of the molecule is Cc1ccc(N)cc1SC1CCOC2(CCCCC2)C1. The predicted octanol–water partition coefficient (Wildman–Crippen LogP) is 4.55. The number of thioether (sulfide) groups is 1. The average Bonchev–Trinajstić information content (AvgIpc) is 2.44. The van der Waals surface area contributed by atoms with Crippen LogP contribution in [0.15, 0.2) is 23.1 Å². The highest BCUT2D eigenvalue weighted by molar-refractivity contribution is 8.00. The predicted molar refractivity (Wildman–Crippen MR) is 86.2 cm³/mol. The van der Waals surface area contributed by atoms with Crippen LogP contribution in [0.2, 0.25) is 0 Å². The number of anilines is 1. The lowest BCUT2D eigenvalue weighted by Crippen LogP contribution is -2.42. The Morgan fingerprint density at radius 2 is 2.05 bits per heavy atom. The van der Waals surface area contributed by atoms with Crippen LogP contribution in [0, 0.1) is 6.92 Å². The van der Waals surface area contributed by atoms with Gasteiger partial charge in [0.25, 0.3) is 0 Å². The van der Waals surface area contributed by atoms with Gasteiger partial charge in [-0.15, -0.1) is 11.8 Å². The van der Waals surface area contributed by atoms with Gasteiger partial charge in [0, 0.05) is 22.4 Å². The van der Waals surface area contributed by atoms with Crippen molar-refractivity contribution in [2.75, 3.05) is 12.3 Å². The van der Waals surface area contributed by atoms with Crippen LogP contribution >= 0.6 is 11.8 Å². The fourth-order valence-corrected chi connectivity index (χ4v) is 4.97. The summed E-state index contributed by atoms with van der Waals surface area (Å²) >= 11 is 2.01. The van der Waals surface area contributed by atoms with Crippen molar-refractivity contribution in [2.24, 2.45) is 0 Å². The molecule has 0 aromatic heterocycles. The summed E-state index contributed by atoms with van der Waals surface area (Å²) in [4.78, 5) is 1.35. The molecule has 3 heteroatoms. The number of nitrogen functional groups attached to an aromatic ring is 1. The van der Waals surface area contributed by atoms with Crippen LogP contribution in [0.3, 0.4) is 0 Å². The average molecular weight is 291 g/mol. The summed E-state index contributed by atoms with van der Waals surface area (Å²) < 4.78 is 6.19. The van der Waals surface area contributed by atoms with Crippen molar-refractivity contribution in [3.8, 4) is 0 Å². The van der Waals surface area contributed by atoms with E-state index in [1.165, 1.54) is 55.4 Å². The zero-order valence-electron chi connectivity index (χ0n) is 12.4. The third-order valence-corrected chi connectivity index (χ3v) is 6.15. The lowest BCUT2D eigenvalue weighted by molar-refractivity contribution is -0.0971. The van der Waals surface area contributed by atoms with Crippen LogP contribution in [0.25, 0.3) is 0 Å². The molecular weight excluding hydrogens is 266 g/mol. The number of rotatable bonds is 2. The van der Waals surface area contributed by atoms with Crippen molar-refractivity contribution in [1.29, 1.82) is 0 Å². The van der Waals surface area contributed by atoms with Gasteiger partial charge in [0.15, 0.2) is 0 Å². The molecule has 0 bridgehead atoms. The van der Waals surface area contributed by atoms with E-state index in [2.05, 4.69) is 19.1 Å². The molecule has 3 rings (SSSR count). The van der Waals surface area contributed by atoms with Gasteiger partial charge in [-0.05, 0) is 50.3 Å². The summed E-state index contributed by atoms with van der Waals surface area (Å²) in [7, 11) is 0. The second-order valence-corrected chi connectivity index (χ2v) is 7.69. The first kappa shape index (κ1) is 14.3. The fraction of sp³-hybridized carbons (Fsp3) is 0.647. The van der Waals surface area contributed by atoms with E-state index in [1.807, 2.05) is 17.8 Å². The molecule has 2 N–H and O–H groups in total. The molecule has 1 unspecified atom stereocenters. The molecule has 0 radical (unpaired) electrons. The Labute approximate surface area is 126 Å². The maximum Gasteiger partial charge on any atom is 0.0693 e. The molecule has 1 spiro atoms. The maximum atomic E-state index is 6.19. The Balaban J connectivity index is 1.69. The lowest BCUT2D eigenvalue weighted by atomic mass is 9.80. The van der Waals surface area contributed by atoms with Crippen LogP contribution in [0.5, 0.6) is 0 Å². The van der Waals surface area contributed by atoms with E-state index >= 15 is 0 Å². The first-order valence-electron chi connectivity index (χ1n) is 7.84. The van der Waals surface area contributed by atoms with Gasteiger partial charge < -0.3 is 10.5 Å². The van der Waals surface area contributed by atoms with E-state index in [0.717, 1.165) is 12.3 Å². The summed E-state index contributed by atoms with van der Waals surface area (Å²) in [6.45, 7) is 3.11. The Kier molecular flexibility index (Phi) is 4.27. The van der Waals surface area contributed by atoms with Crippen molar-refractivity contribution in [1.82, 2.24) is 0 Å². The second kappa shape index (κ2) is 5.98. The van der Waals surface area contributed by atoms with Crippen molar-refractivity contribution in [3.63, 3.8) is 0 Å². The van der Waals surface area contributed by atoms with E-state index in [0.29, 0.717) is 5.25 Å². The first-order valence-corrected chi connectivity index (χ1v) is 8.72. The highest BCUT2D eigenvalue weighted by Crippen LogP contribution is 2.44. The minimum atomic E-state index is 0.197. The van der Waals surface area contributed by atoms with Crippen LogP contribution < -0.4 is 5.73 Å². The molecular formula is C17H25NOS. The Morgan fingerprint density at radius 3 is 2.85 bits per heavy atom. The number of hydrogen-bond acceptors (Lipinski definition) is 3. The van der Waals surface area contributed by atoms with Crippen molar-refractivity contribution in [3.05, 3.63) is 23.8 Å². The van der Waals surface area contributed by atoms with Crippen molar-refractivity contribution in [2.45, 2.75) is 67.6 Å². The van der Waals surface area contributed by atoms with Crippen LogP contribution in [-0.2, 0) is 4.74 Å². The number of benzene rings is 1. The zero-order valence-corrected chi connectivity index (χ0v) is 13.2. The fourth-order valence-electron chi connectivity index (χ4n) is 3.55. The van der Waals surface area contributed by atoms with Crippen LogP contribution in [0.4, 0.5) is 5.69 Å². The summed E-state index contributed by atoms with van der Waals surface area (Å²) in [5.74, 6) is 0. The van der Waals surface area contributed by atoms with Crippen molar-refractivity contribution < 1.29 is 4.74 Å². The third-order valence-electron chi connectivity index (χ3n) is 4.72. The van der Waals surface area contributed by atoms with E-state index in [9.17, 15) is 0 Å². The summed E-state index contributed by atoms with van der Waals surface area (Å²) in [6.07, 6.45) is 8.98. The normalized spacial score (nSPS) is 25.8. The Bertz CT molecular complexity index is 463. The molecule has 2 fully saturated rings. The van der Waals surface area contributed by atoms with Gasteiger partial charge in [-0.1, -0.05) is 25.3 Å². The number of ether oxygens (including phenoxy) is 1. The van der Waals surface area contributed by atoms with Gasteiger partial charge in [0.05, 0.1) is 5.60 Å². The molecule has 2 nitrogen and oxygen atoms in total. The molecule has 1 aromatic rings. The first-order chi connectivity index (χ1) is 9.67. The molecule has 1 heterocycles. The molecule has 20 heavy (non-hydrogen) atoms. The monoisotopic (exact) mass is 291 g/mol. The quantitative estimate of drug-likeness (QED) is 0.812. The molecule has 110 valence electrons. The molecule has 1 saturated heterocycles. The number of hydrogen-bond donors (Lipinski definition) is 1. The lowest BCUT2D eigenvalue weighted by Gasteiger charge is -2.43. The molecule has 2 aliphatic rings. The van der Waals surface area contributed by atoms with Gasteiger partial charge in [0.2, 0.25) is 0 Å². The van der Waals surface area contributed by atoms with Crippen LogP contribution in [-0.4, -0.2) is 17.5 Å². The molecule has 1 atom stereocenters. The zero-order chi connectivity index (χ0) is 14.0. The smallest absolute Gasteiger partial charge is 0.0693 e. The Hall–Kier alpha value is -0.670. The Morgan fingerprint density at radius 1 is 1.25 bits per heavy atom. The van der Waals surface area contributed by atoms with Gasteiger partial charge in [-0.25, -0.2) is 0 Å². The molecule has 0 amide bonds. The van der Waals surface area contributed by atoms with E-state index < -0.39 is 0 Å². The molecule has 1 aromatic carbocycles. The van der Waals surface area contributed by atoms with Gasteiger partial charge in [-0.3, -0.25) is 0 Å². The standard InChI is InChI=1S/C17H25NOS/c1-13-5-6-14(18)11-16(13)20-15-7-10-19-17(12-15)8-3-2-4-9-17/h5-6,11,15H,2-4,7-10,12,18H2,1H3. The molecule has 1 aliphatic heterocycles. The summed E-state index contributed by atoms with van der Waals surface area (Å²) in [6, 6.07) is 6.25. The van der Waals surface area contributed by atoms with Gasteiger partial charge in [0.1, 0.15) is 0 Å². The second-order valence-electron chi connectivity index (χ2n) is 6.35. The molecule has 1 saturated carbocycles. The maximum absolute atomic E-state index is 6.19. The van der Waals surface area contributed by atoms with E-state index in [4.69, 9.17) is 10.5 Å². The summed E-state index contributed by atoms with van der Waals surface area (Å²) in [5.41, 5.74) is 8.34. The van der Waals surface area contributed by atoms with Gasteiger partial charge in [-0.2, -0.15) is 0 Å². The number of aryl methyl sites for hydroxylation is 1. The largest absolute Gasteiger partial charge is 0.399 e. The van der Waals surface area contributed by atoms with E-state index in [-0.39, 0.29) is 5.60 Å². The van der Waals surface area contributed by atoms with Crippen molar-refractivity contribution >= 4 is 17.4 Å². The minimum absolute atomic E-state index is 0.197.